The zero-order valence-corrected chi connectivity index (χ0v) is 17.1. The second-order valence-corrected chi connectivity index (χ2v) is 9.29. The highest BCUT2D eigenvalue weighted by molar-refractivity contribution is 5.84. The summed E-state index contributed by atoms with van der Waals surface area (Å²) in [4.78, 5) is 24.8. The first-order valence-corrected chi connectivity index (χ1v) is 10.5. The van der Waals surface area contributed by atoms with E-state index in [4.69, 9.17) is 9.47 Å². The summed E-state index contributed by atoms with van der Waals surface area (Å²) in [5.41, 5.74) is 0.814. The summed E-state index contributed by atoms with van der Waals surface area (Å²) in [5, 5.41) is 3.29. The van der Waals surface area contributed by atoms with Crippen LogP contribution in [-0.2, 0) is 14.3 Å². The van der Waals surface area contributed by atoms with Crippen molar-refractivity contribution in [1.29, 1.82) is 0 Å². The van der Waals surface area contributed by atoms with Crippen molar-refractivity contribution in [3.05, 3.63) is 29.8 Å². The number of methoxy groups -OCH3 is 1. The van der Waals surface area contributed by atoms with Crippen LogP contribution in [-0.4, -0.2) is 30.6 Å². The molecular formula is C23H31NO4. The Morgan fingerprint density at radius 1 is 1.18 bits per heavy atom. The van der Waals surface area contributed by atoms with Crippen molar-refractivity contribution in [2.45, 2.75) is 69.9 Å². The molecule has 0 unspecified atom stereocenters. The third-order valence-corrected chi connectivity index (χ3v) is 6.89. The fourth-order valence-electron chi connectivity index (χ4n) is 5.64. The predicted molar refractivity (Wildman–Crippen MR) is 106 cm³/mol. The van der Waals surface area contributed by atoms with E-state index in [1.807, 2.05) is 26.0 Å². The number of carbonyl (C=O) groups is 2. The molecular weight excluding hydrogens is 354 g/mol. The van der Waals surface area contributed by atoms with Crippen molar-refractivity contribution in [3.8, 4) is 5.75 Å². The number of benzene rings is 1. The van der Waals surface area contributed by atoms with Gasteiger partial charge in [-0.25, -0.2) is 0 Å². The van der Waals surface area contributed by atoms with Crippen molar-refractivity contribution in [2.75, 3.05) is 7.11 Å². The lowest BCUT2D eigenvalue weighted by molar-refractivity contribution is -0.149. The SMILES string of the molecule is COc1ccc([C@H]2[C@@H]3CCCC[C@H]3[C@@H]2NC(=O)C[C@H]2CC(C)(C)OC2=O)cc1. The van der Waals surface area contributed by atoms with Crippen molar-refractivity contribution in [1.82, 2.24) is 5.32 Å². The number of carbonyl (C=O) groups excluding carboxylic acids is 2. The van der Waals surface area contributed by atoms with Gasteiger partial charge in [0, 0.05) is 24.8 Å². The maximum absolute atomic E-state index is 12.8. The van der Waals surface area contributed by atoms with Crippen LogP contribution < -0.4 is 10.1 Å². The molecule has 2 aliphatic carbocycles. The minimum atomic E-state index is -0.460. The van der Waals surface area contributed by atoms with E-state index in [9.17, 15) is 9.59 Å². The van der Waals surface area contributed by atoms with Crippen LogP contribution in [0, 0.1) is 17.8 Å². The molecule has 1 N–H and O–H groups in total. The standard InChI is InChI=1S/C23H31NO4/c1-23(2)13-15(22(26)28-23)12-19(25)24-21-18-7-5-4-6-17(18)20(21)14-8-10-16(27-3)11-9-14/h8-11,15,17-18,20-21H,4-7,12-13H2,1-3H3,(H,24,25)/t15-,17+,18+,20-,21-/m0/s1. The first-order chi connectivity index (χ1) is 13.4. The minimum Gasteiger partial charge on any atom is -0.497 e. The summed E-state index contributed by atoms with van der Waals surface area (Å²) < 4.78 is 10.7. The predicted octanol–water partition coefficient (Wildman–Crippen LogP) is 3.82. The Morgan fingerprint density at radius 3 is 2.46 bits per heavy atom. The second kappa shape index (κ2) is 7.41. The third-order valence-electron chi connectivity index (χ3n) is 6.89. The van der Waals surface area contributed by atoms with Gasteiger partial charge in [-0.3, -0.25) is 9.59 Å². The number of cyclic esters (lactones) is 1. The average Bonchev–Trinajstić information content (AvgIpc) is 2.92. The summed E-state index contributed by atoms with van der Waals surface area (Å²) in [6, 6.07) is 8.42. The van der Waals surface area contributed by atoms with Gasteiger partial charge in [0.2, 0.25) is 5.91 Å². The summed E-state index contributed by atoms with van der Waals surface area (Å²) in [7, 11) is 1.67. The van der Waals surface area contributed by atoms with Gasteiger partial charge in [-0.05, 0) is 56.2 Å². The molecule has 2 saturated carbocycles. The Bertz CT molecular complexity index is 741. The van der Waals surface area contributed by atoms with Crippen molar-refractivity contribution >= 4 is 11.9 Å². The van der Waals surface area contributed by atoms with E-state index in [-0.39, 0.29) is 30.3 Å². The molecule has 5 heteroatoms. The summed E-state index contributed by atoms with van der Waals surface area (Å²) in [5.74, 6) is 1.82. The van der Waals surface area contributed by atoms with E-state index in [1.54, 1.807) is 7.11 Å². The maximum Gasteiger partial charge on any atom is 0.310 e. The fraction of sp³-hybridized carbons (Fsp3) is 0.652. The molecule has 1 amide bonds. The number of hydrogen-bond acceptors (Lipinski definition) is 4. The number of esters is 1. The van der Waals surface area contributed by atoms with E-state index in [0.717, 1.165) is 5.75 Å². The van der Waals surface area contributed by atoms with E-state index in [2.05, 4.69) is 17.4 Å². The van der Waals surface area contributed by atoms with E-state index in [0.29, 0.717) is 24.2 Å². The van der Waals surface area contributed by atoms with Gasteiger partial charge in [-0.2, -0.15) is 0 Å². The first kappa shape index (κ1) is 19.3. The molecule has 0 spiro atoms. The number of ether oxygens (including phenoxy) is 2. The Labute approximate surface area is 167 Å². The van der Waals surface area contributed by atoms with Crippen LogP contribution in [0.25, 0.3) is 0 Å². The van der Waals surface area contributed by atoms with Crippen molar-refractivity contribution in [2.24, 2.45) is 17.8 Å². The first-order valence-electron chi connectivity index (χ1n) is 10.5. The Kier molecular flexibility index (Phi) is 5.11. The Morgan fingerprint density at radius 2 is 1.86 bits per heavy atom. The van der Waals surface area contributed by atoms with Crippen LogP contribution >= 0.6 is 0 Å². The molecule has 0 radical (unpaired) electrons. The largest absolute Gasteiger partial charge is 0.497 e. The molecule has 3 aliphatic rings. The quantitative estimate of drug-likeness (QED) is 0.783. The third kappa shape index (κ3) is 3.63. The van der Waals surface area contributed by atoms with Crippen LogP contribution in [0.2, 0.25) is 0 Å². The highest BCUT2D eigenvalue weighted by Gasteiger charge is 2.52. The molecule has 4 rings (SSSR count). The zero-order valence-electron chi connectivity index (χ0n) is 17.1. The van der Waals surface area contributed by atoms with E-state index >= 15 is 0 Å². The van der Waals surface area contributed by atoms with Gasteiger partial charge in [-0.15, -0.1) is 0 Å². The molecule has 0 bridgehead atoms. The van der Waals surface area contributed by atoms with Gasteiger partial charge in [0.1, 0.15) is 11.4 Å². The van der Waals surface area contributed by atoms with Crippen LogP contribution in [0.15, 0.2) is 24.3 Å². The smallest absolute Gasteiger partial charge is 0.310 e. The van der Waals surface area contributed by atoms with Gasteiger partial charge < -0.3 is 14.8 Å². The van der Waals surface area contributed by atoms with Crippen LogP contribution in [0.1, 0.15) is 63.9 Å². The van der Waals surface area contributed by atoms with Crippen molar-refractivity contribution in [3.63, 3.8) is 0 Å². The Hall–Kier alpha value is -2.04. The van der Waals surface area contributed by atoms with E-state index < -0.39 is 5.60 Å². The molecule has 1 aromatic carbocycles. The number of amides is 1. The van der Waals surface area contributed by atoms with Gasteiger partial charge in [0.25, 0.3) is 0 Å². The van der Waals surface area contributed by atoms with E-state index in [1.165, 1.54) is 31.2 Å². The fourth-order valence-corrected chi connectivity index (χ4v) is 5.64. The highest BCUT2D eigenvalue weighted by Crippen LogP contribution is 2.54. The normalized spacial score (nSPS) is 33.4. The molecule has 1 saturated heterocycles. The summed E-state index contributed by atoms with van der Waals surface area (Å²) in [6.07, 6.45) is 5.77. The molecule has 1 aliphatic heterocycles. The van der Waals surface area contributed by atoms with Gasteiger partial charge in [-0.1, -0.05) is 25.0 Å². The van der Waals surface area contributed by atoms with Crippen LogP contribution in [0.4, 0.5) is 0 Å². The summed E-state index contributed by atoms with van der Waals surface area (Å²) >= 11 is 0. The van der Waals surface area contributed by atoms with Gasteiger partial charge in [0.05, 0.1) is 13.0 Å². The number of fused-ring (bicyclic) bond motifs is 1. The molecule has 1 aromatic rings. The highest BCUT2D eigenvalue weighted by atomic mass is 16.6. The average molecular weight is 386 g/mol. The molecule has 152 valence electrons. The lowest BCUT2D eigenvalue weighted by Crippen LogP contribution is -2.59. The van der Waals surface area contributed by atoms with Crippen molar-refractivity contribution < 1.29 is 19.1 Å². The Balaban J connectivity index is 1.45. The topological polar surface area (TPSA) is 64.6 Å². The lowest BCUT2D eigenvalue weighted by atomic mass is 9.53. The number of rotatable bonds is 5. The maximum atomic E-state index is 12.8. The van der Waals surface area contributed by atoms with Gasteiger partial charge in [0.15, 0.2) is 0 Å². The minimum absolute atomic E-state index is 0.0211. The van der Waals surface area contributed by atoms with Crippen LogP contribution in [0.5, 0.6) is 5.75 Å². The molecule has 3 fully saturated rings. The lowest BCUT2D eigenvalue weighted by Gasteiger charge is -2.55. The molecule has 5 nitrogen and oxygen atoms in total. The second-order valence-electron chi connectivity index (χ2n) is 9.29. The molecule has 5 atom stereocenters. The number of hydrogen-bond donors (Lipinski definition) is 1. The van der Waals surface area contributed by atoms with Gasteiger partial charge >= 0.3 is 5.97 Å². The number of nitrogens with one attached hydrogen (secondary N) is 1. The monoisotopic (exact) mass is 385 g/mol. The molecule has 1 heterocycles. The molecule has 0 aromatic heterocycles. The summed E-state index contributed by atoms with van der Waals surface area (Å²) in [6.45, 7) is 3.81. The molecule has 28 heavy (non-hydrogen) atoms. The zero-order chi connectivity index (χ0) is 19.9. The van der Waals surface area contributed by atoms with Crippen LogP contribution in [0.3, 0.4) is 0 Å².